The van der Waals surface area contributed by atoms with Gasteiger partial charge >= 0.3 is 11.9 Å². The topological polar surface area (TPSA) is 104 Å². The van der Waals surface area contributed by atoms with E-state index >= 15 is 0 Å². The van der Waals surface area contributed by atoms with Crippen LogP contribution in [-0.4, -0.2) is 51.6 Å². The van der Waals surface area contributed by atoms with Crippen LogP contribution in [0.2, 0.25) is 0 Å². The van der Waals surface area contributed by atoms with Gasteiger partial charge in [0.05, 0.1) is 6.54 Å². The van der Waals surface area contributed by atoms with Gasteiger partial charge in [-0.05, 0) is 23.8 Å². The van der Waals surface area contributed by atoms with E-state index in [1.807, 2.05) is 0 Å². The smallest absolute Gasteiger partial charge is 0.328 e. The van der Waals surface area contributed by atoms with Crippen molar-refractivity contribution in [3.8, 4) is 5.75 Å². The molecule has 1 saturated heterocycles. The Morgan fingerprint density at radius 3 is 2.46 bits per heavy atom. The van der Waals surface area contributed by atoms with Crippen LogP contribution in [0.25, 0.3) is 6.08 Å². The van der Waals surface area contributed by atoms with E-state index in [1.54, 1.807) is 31.2 Å². The lowest BCUT2D eigenvalue weighted by Crippen LogP contribution is -2.40. The van der Waals surface area contributed by atoms with Crippen molar-refractivity contribution in [1.29, 1.82) is 0 Å². The Hall–Kier alpha value is -2.83. The van der Waals surface area contributed by atoms with Gasteiger partial charge in [0, 0.05) is 18.9 Å². The van der Waals surface area contributed by atoms with Gasteiger partial charge in [-0.1, -0.05) is 19.1 Å². The lowest BCUT2D eigenvalue weighted by Gasteiger charge is -2.20. The van der Waals surface area contributed by atoms with E-state index in [-0.39, 0.29) is 31.4 Å². The van der Waals surface area contributed by atoms with Crippen LogP contribution < -0.4 is 4.74 Å². The summed E-state index contributed by atoms with van der Waals surface area (Å²) < 4.78 is 5.76. The Morgan fingerprint density at radius 1 is 1.25 bits per heavy atom. The summed E-state index contributed by atoms with van der Waals surface area (Å²) in [5, 5.41) is 17.8. The third-order valence-corrected chi connectivity index (χ3v) is 3.77. The molecular formula is C17H19NO6. The van der Waals surface area contributed by atoms with Gasteiger partial charge in [-0.3, -0.25) is 4.79 Å². The van der Waals surface area contributed by atoms with Crippen molar-refractivity contribution in [3.63, 3.8) is 0 Å². The first-order valence-electron chi connectivity index (χ1n) is 7.60. The van der Waals surface area contributed by atoms with Gasteiger partial charge in [0.2, 0.25) is 5.91 Å². The van der Waals surface area contributed by atoms with E-state index in [2.05, 4.69) is 0 Å². The van der Waals surface area contributed by atoms with Crippen LogP contribution >= 0.6 is 0 Å². The zero-order chi connectivity index (χ0) is 17.7. The molecule has 1 amide bonds. The van der Waals surface area contributed by atoms with Gasteiger partial charge in [0.15, 0.2) is 0 Å². The summed E-state index contributed by atoms with van der Waals surface area (Å²) >= 11 is 0. The number of aliphatic carboxylic acids is 2. The second-order valence-electron chi connectivity index (χ2n) is 5.47. The number of carboxylic acids is 2. The molecule has 2 N–H and O–H groups in total. The number of likely N-dealkylation sites (tertiary alicyclic amines) is 1. The largest absolute Gasteiger partial charge is 0.488 e. The predicted octanol–water partition coefficient (Wildman–Crippen LogP) is 1.63. The highest BCUT2D eigenvalue weighted by Crippen LogP contribution is 2.24. The number of nitrogens with zero attached hydrogens (tertiary/aromatic N) is 1. The van der Waals surface area contributed by atoms with Crippen molar-refractivity contribution in [3.05, 3.63) is 35.9 Å². The lowest BCUT2D eigenvalue weighted by atomic mass is 10.2. The lowest BCUT2D eigenvalue weighted by molar-refractivity contribution is -0.148. The van der Waals surface area contributed by atoms with Crippen LogP contribution in [-0.2, 0) is 14.4 Å². The first kappa shape index (κ1) is 17.5. The highest BCUT2D eigenvalue weighted by Gasteiger charge is 2.40. The van der Waals surface area contributed by atoms with E-state index in [4.69, 9.17) is 9.84 Å². The molecule has 7 heteroatoms. The minimum Gasteiger partial charge on any atom is -0.488 e. The van der Waals surface area contributed by atoms with Crippen molar-refractivity contribution >= 4 is 23.9 Å². The van der Waals surface area contributed by atoms with Gasteiger partial charge in [0.25, 0.3) is 0 Å². The molecule has 0 bridgehead atoms. The minimum absolute atomic E-state index is 0.206. The number of carboxylic acid groups (broad SMARTS) is 2. The molecule has 1 aliphatic rings. The average molecular weight is 333 g/mol. The molecular weight excluding hydrogens is 314 g/mol. The predicted molar refractivity (Wildman–Crippen MR) is 85.6 cm³/mol. The summed E-state index contributed by atoms with van der Waals surface area (Å²) in [5.74, 6) is -1.72. The van der Waals surface area contributed by atoms with Gasteiger partial charge < -0.3 is 19.8 Å². The van der Waals surface area contributed by atoms with E-state index in [9.17, 15) is 19.5 Å². The fourth-order valence-corrected chi connectivity index (χ4v) is 2.61. The highest BCUT2D eigenvalue weighted by molar-refractivity contribution is 5.85. The Balaban J connectivity index is 2.02. The maximum Gasteiger partial charge on any atom is 0.328 e. The summed E-state index contributed by atoms with van der Waals surface area (Å²) in [6.07, 6.45) is 2.60. The Kier molecular flexibility index (Phi) is 5.57. The molecule has 1 fully saturated rings. The van der Waals surface area contributed by atoms with E-state index in [1.165, 1.54) is 11.0 Å². The third kappa shape index (κ3) is 4.34. The van der Waals surface area contributed by atoms with Gasteiger partial charge in [-0.15, -0.1) is 0 Å². The summed E-state index contributed by atoms with van der Waals surface area (Å²) in [5.41, 5.74) is 0.711. The molecule has 7 nitrogen and oxygen atoms in total. The molecule has 0 saturated carbocycles. The maximum absolute atomic E-state index is 11.9. The molecule has 24 heavy (non-hydrogen) atoms. The van der Waals surface area contributed by atoms with Crippen LogP contribution in [0.3, 0.4) is 0 Å². The molecule has 1 aromatic rings. The Morgan fingerprint density at radius 2 is 1.92 bits per heavy atom. The van der Waals surface area contributed by atoms with E-state index in [0.717, 1.165) is 6.08 Å². The van der Waals surface area contributed by atoms with Crippen LogP contribution in [0.1, 0.15) is 25.3 Å². The normalized spacial score (nSPS) is 20.3. The molecule has 1 heterocycles. The monoisotopic (exact) mass is 333 g/mol. The molecule has 128 valence electrons. The number of ether oxygens (including phenoxy) is 1. The molecule has 1 aromatic carbocycles. The zero-order valence-electron chi connectivity index (χ0n) is 13.2. The number of benzene rings is 1. The van der Waals surface area contributed by atoms with Crippen molar-refractivity contribution < 1.29 is 29.3 Å². The molecule has 0 aliphatic carbocycles. The second kappa shape index (κ2) is 7.63. The first-order valence-corrected chi connectivity index (χ1v) is 7.60. The summed E-state index contributed by atoms with van der Waals surface area (Å²) in [6.45, 7) is 1.93. The van der Waals surface area contributed by atoms with Crippen molar-refractivity contribution in [1.82, 2.24) is 4.90 Å². The number of hydrogen-bond donors (Lipinski definition) is 2. The fourth-order valence-electron chi connectivity index (χ4n) is 2.61. The van der Waals surface area contributed by atoms with E-state index < -0.39 is 18.0 Å². The van der Waals surface area contributed by atoms with Crippen molar-refractivity contribution in [2.45, 2.75) is 31.9 Å². The number of carbonyl (C=O) groups excluding carboxylic acids is 1. The molecule has 2 rings (SSSR count). The standard InChI is InChI=1S/C17H19NO6/c1-2-15(19)18-10-13(9-14(18)17(22)23)24-12-6-3-11(4-7-12)5-8-16(20)21/h3-8,13-14H,2,9-10H2,1H3,(H,20,21)(H,22,23)/b8-5+/t13-,14+/m1/s1. The third-order valence-electron chi connectivity index (χ3n) is 3.77. The summed E-state index contributed by atoms with van der Waals surface area (Å²) in [6, 6.07) is 5.91. The van der Waals surface area contributed by atoms with E-state index in [0.29, 0.717) is 11.3 Å². The minimum atomic E-state index is -1.03. The van der Waals surface area contributed by atoms with Crippen LogP contribution in [0, 0.1) is 0 Å². The zero-order valence-corrected chi connectivity index (χ0v) is 13.2. The molecule has 0 radical (unpaired) electrons. The highest BCUT2D eigenvalue weighted by atomic mass is 16.5. The van der Waals surface area contributed by atoms with Crippen molar-refractivity contribution in [2.24, 2.45) is 0 Å². The molecule has 1 aliphatic heterocycles. The number of amides is 1. The van der Waals surface area contributed by atoms with Crippen LogP contribution in [0.4, 0.5) is 0 Å². The fraction of sp³-hybridized carbons (Fsp3) is 0.353. The SMILES string of the molecule is CCC(=O)N1C[C@H](Oc2ccc(/C=C/C(=O)O)cc2)C[C@H]1C(=O)O. The van der Waals surface area contributed by atoms with Gasteiger partial charge in [0.1, 0.15) is 17.9 Å². The molecule has 2 atom stereocenters. The average Bonchev–Trinajstić information content (AvgIpc) is 2.97. The first-order chi connectivity index (χ1) is 11.4. The molecule has 0 aromatic heterocycles. The van der Waals surface area contributed by atoms with Gasteiger partial charge in [-0.2, -0.15) is 0 Å². The second-order valence-corrected chi connectivity index (χ2v) is 5.47. The molecule has 0 spiro atoms. The molecule has 0 unspecified atom stereocenters. The number of rotatable bonds is 6. The number of carbonyl (C=O) groups is 3. The quantitative estimate of drug-likeness (QED) is 0.767. The van der Waals surface area contributed by atoms with Gasteiger partial charge in [-0.25, -0.2) is 9.59 Å². The van der Waals surface area contributed by atoms with Crippen LogP contribution in [0.5, 0.6) is 5.75 Å². The van der Waals surface area contributed by atoms with Crippen LogP contribution in [0.15, 0.2) is 30.3 Å². The maximum atomic E-state index is 11.9. The Labute approximate surface area is 139 Å². The Bertz CT molecular complexity index is 652. The summed E-state index contributed by atoms with van der Waals surface area (Å²) in [7, 11) is 0. The summed E-state index contributed by atoms with van der Waals surface area (Å²) in [4.78, 5) is 35.0. The number of hydrogen-bond acceptors (Lipinski definition) is 4. The van der Waals surface area contributed by atoms with Crippen molar-refractivity contribution in [2.75, 3.05) is 6.54 Å².